The number of hydrogen-bond donors (Lipinski definition) is 0. The van der Waals surface area contributed by atoms with Gasteiger partial charge in [-0.05, 0) is 12.1 Å². The van der Waals surface area contributed by atoms with E-state index in [1.165, 1.54) is 0 Å². The summed E-state index contributed by atoms with van der Waals surface area (Å²) in [5.41, 5.74) is 7.88. The van der Waals surface area contributed by atoms with Crippen molar-refractivity contribution in [2.75, 3.05) is 0 Å². The van der Waals surface area contributed by atoms with Crippen molar-refractivity contribution < 1.29 is 0 Å². The highest BCUT2D eigenvalue weighted by Crippen LogP contribution is 2.06. The Labute approximate surface area is 57.3 Å². The van der Waals surface area contributed by atoms with Crippen LogP contribution in [0, 0.1) is 0 Å². The summed E-state index contributed by atoms with van der Waals surface area (Å²) in [6, 6.07) is 3.36. The van der Waals surface area contributed by atoms with Crippen LogP contribution in [-0.4, -0.2) is 14.6 Å². The van der Waals surface area contributed by atoms with Crippen LogP contribution in [0.5, 0.6) is 0 Å². The van der Waals surface area contributed by atoms with E-state index in [9.17, 15) is 0 Å². The second-order valence-electron chi connectivity index (χ2n) is 1.95. The zero-order valence-electron chi connectivity index (χ0n) is 5.15. The molecular weight excluding hydrogens is 128 g/mol. The normalized spacial score (nSPS) is 10.4. The standard InChI is InChI=1S/C6H5N4/c7-5-2-4-10-6(9-5)1-3-8-10/h1-4H,(H-,7,9)/q-1. The van der Waals surface area contributed by atoms with Gasteiger partial charge in [-0.15, -0.1) is 0 Å². The smallest absolute Gasteiger partial charge is 0.0541 e. The first-order valence-corrected chi connectivity index (χ1v) is 2.88. The summed E-state index contributed by atoms with van der Waals surface area (Å²) in [7, 11) is 0. The molecule has 1 N–H and O–H groups in total. The van der Waals surface area contributed by atoms with Gasteiger partial charge in [0.05, 0.1) is 5.65 Å². The summed E-state index contributed by atoms with van der Waals surface area (Å²) in [4.78, 5) is 3.90. The Hall–Kier alpha value is -1.58. The van der Waals surface area contributed by atoms with Gasteiger partial charge in [-0.2, -0.15) is 5.10 Å². The number of fused-ring (bicyclic) bond motifs is 1. The van der Waals surface area contributed by atoms with Crippen molar-refractivity contribution in [1.82, 2.24) is 14.6 Å². The average molecular weight is 133 g/mol. The van der Waals surface area contributed by atoms with Gasteiger partial charge in [-0.3, -0.25) is 0 Å². The molecule has 0 aliphatic carbocycles. The number of nitrogens with one attached hydrogen (secondary N) is 1. The van der Waals surface area contributed by atoms with E-state index in [1.807, 2.05) is 0 Å². The minimum Gasteiger partial charge on any atom is -0.482 e. The van der Waals surface area contributed by atoms with Crippen LogP contribution in [0.25, 0.3) is 11.4 Å². The first-order chi connectivity index (χ1) is 4.86. The van der Waals surface area contributed by atoms with E-state index in [-0.39, 0.29) is 5.82 Å². The first kappa shape index (κ1) is 5.22. The van der Waals surface area contributed by atoms with E-state index in [0.717, 1.165) is 0 Å². The zero-order chi connectivity index (χ0) is 6.97. The molecule has 0 saturated heterocycles. The molecule has 0 aromatic carbocycles. The monoisotopic (exact) mass is 133 g/mol. The van der Waals surface area contributed by atoms with Gasteiger partial charge < -0.3 is 10.7 Å². The Morgan fingerprint density at radius 3 is 3.20 bits per heavy atom. The maximum atomic E-state index is 7.16. The highest BCUT2D eigenvalue weighted by Gasteiger charge is 1.84. The van der Waals surface area contributed by atoms with Gasteiger partial charge in [0.1, 0.15) is 0 Å². The van der Waals surface area contributed by atoms with Gasteiger partial charge in [-0.25, -0.2) is 4.52 Å². The van der Waals surface area contributed by atoms with Crippen molar-refractivity contribution in [3.63, 3.8) is 0 Å². The molecule has 50 valence electrons. The summed E-state index contributed by atoms with van der Waals surface area (Å²) in [5.74, 6) is 0.271. The third-order valence-corrected chi connectivity index (χ3v) is 1.26. The van der Waals surface area contributed by atoms with Crippen molar-refractivity contribution in [3.05, 3.63) is 30.3 Å². The van der Waals surface area contributed by atoms with Gasteiger partial charge in [0.2, 0.25) is 0 Å². The van der Waals surface area contributed by atoms with E-state index in [0.29, 0.717) is 5.65 Å². The summed E-state index contributed by atoms with van der Waals surface area (Å²) >= 11 is 0. The molecule has 0 unspecified atom stereocenters. The van der Waals surface area contributed by atoms with Crippen molar-refractivity contribution in [2.24, 2.45) is 0 Å². The molecule has 0 atom stereocenters. The lowest BCUT2D eigenvalue weighted by Gasteiger charge is -2.01. The Morgan fingerprint density at radius 1 is 1.40 bits per heavy atom. The van der Waals surface area contributed by atoms with E-state index < -0.39 is 0 Å². The summed E-state index contributed by atoms with van der Waals surface area (Å²) in [6.07, 6.45) is 3.37. The lowest BCUT2D eigenvalue weighted by molar-refractivity contribution is 0.943. The number of hydrogen-bond acceptors (Lipinski definition) is 2. The van der Waals surface area contributed by atoms with E-state index >= 15 is 0 Å². The Bertz CT molecular complexity index is 351. The van der Waals surface area contributed by atoms with Gasteiger partial charge in [-0.1, -0.05) is 5.82 Å². The van der Waals surface area contributed by atoms with E-state index in [2.05, 4.69) is 10.1 Å². The highest BCUT2D eigenvalue weighted by molar-refractivity contribution is 5.44. The van der Waals surface area contributed by atoms with Crippen molar-refractivity contribution in [3.8, 4) is 0 Å². The van der Waals surface area contributed by atoms with Crippen molar-refractivity contribution in [2.45, 2.75) is 0 Å². The average Bonchev–Trinajstić information content (AvgIpc) is 2.33. The first-order valence-electron chi connectivity index (χ1n) is 2.88. The maximum Gasteiger partial charge on any atom is 0.0541 e. The Balaban J connectivity index is 2.86. The fourth-order valence-corrected chi connectivity index (χ4v) is 0.813. The predicted octanol–water partition coefficient (Wildman–Crippen LogP) is 1.41. The van der Waals surface area contributed by atoms with Crippen LogP contribution in [0.2, 0.25) is 0 Å². The van der Waals surface area contributed by atoms with Crippen LogP contribution < -0.4 is 0 Å². The molecule has 2 rings (SSSR count). The number of rotatable bonds is 0. The molecule has 0 aliphatic rings. The van der Waals surface area contributed by atoms with Gasteiger partial charge in [0.25, 0.3) is 0 Å². The third kappa shape index (κ3) is 0.621. The quantitative estimate of drug-likeness (QED) is 0.545. The van der Waals surface area contributed by atoms with Gasteiger partial charge in [0.15, 0.2) is 0 Å². The second kappa shape index (κ2) is 1.70. The lowest BCUT2D eigenvalue weighted by Crippen LogP contribution is -1.86. The fraction of sp³-hybridized carbons (Fsp3) is 0. The maximum absolute atomic E-state index is 7.16. The molecule has 4 heteroatoms. The topological polar surface area (TPSA) is 54.0 Å². The van der Waals surface area contributed by atoms with Gasteiger partial charge >= 0.3 is 0 Å². The largest absolute Gasteiger partial charge is 0.482 e. The molecule has 2 heterocycles. The molecule has 0 bridgehead atoms. The van der Waals surface area contributed by atoms with Gasteiger partial charge in [0, 0.05) is 12.4 Å². The van der Waals surface area contributed by atoms with Crippen LogP contribution >= 0.6 is 0 Å². The van der Waals surface area contributed by atoms with Crippen molar-refractivity contribution in [1.29, 1.82) is 0 Å². The lowest BCUT2D eigenvalue weighted by atomic mass is 10.6. The molecule has 0 amide bonds. The second-order valence-corrected chi connectivity index (χ2v) is 1.95. The highest BCUT2D eigenvalue weighted by atomic mass is 15.2. The molecule has 0 radical (unpaired) electrons. The van der Waals surface area contributed by atoms with Crippen LogP contribution in [0.15, 0.2) is 24.5 Å². The minimum atomic E-state index is 0.271. The Kier molecular flexibility index (Phi) is 0.887. The van der Waals surface area contributed by atoms with Crippen LogP contribution in [0.3, 0.4) is 0 Å². The Morgan fingerprint density at radius 2 is 2.30 bits per heavy atom. The van der Waals surface area contributed by atoms with Crippen molar-refractivity contribution >= 4 is 11.5 Å². The third-order valence-electron chi connectivity index (χ3n) is 1.26. The molecule has 2 aromatic heterocycles. The summed E-state index contributed by atoms with van der Waals surface area (Å²) in [5, 5.41) is 3.93. The summed E-state index contributed by atoms with van der Waals surface area (Å²) < 4.78 is 1.62. The minimum absolute atomic E-state index is 0.271. The molecule has 0 fully saturated rings. The molecule has 2 aromatic rings. The summed E-state index contributed by atoms with van der Waals surface area (Å²) in [6.45, 7) is 0. The number of aromatic nitrogens is 3. The number of nitrogens with zero attached hydrogens (tertiary/aromatic N) is 3. The molecule has 0 aliphatic heterocycles. The predicted molar refractivity (Wildman–Crippen MR) is 37.0 cm³/mol. The van der Waals surface area contributed by atoms with E-state index in [1.54, 1.807) is 29.0 Å². The molecule has 10 heavy (non-hydrogen) atoms. The molecular formula is C6H5N4-. The fourth-order valence-electron chi connectivity index (χ4n) is 0.813. The van der Waals surface area contributed by atoms with Crippen LogP contribution in [0.1, 0.15) is 0 Å². The SMILES string of the molecule is [NH-]c1ccn2nccc2n1. The van der Waals surface area contributed by atoms with E-state index in [4.69, 9.17) is 5.73 Å². The van der Waals surface area contributed by atoms with Crippen LogP contribution in [-0.2, 0) is 0 Å². The zero-order valence-corrected chi connectivity index (χ0v) is 5.15. The molecule has 0 spiro atoms. The van der Waals surface area contributed by atoms with Crippen LogP contribution in [0.4, 0.5) is 5.82 Å². The molecule has 0 saturated carbocycles. The molecule has 4 nitrogen and oxygen atoms in total.